The number of allylic oxidation sites excluding steroid dienone is 1. The summed E-state index contributed by atoms with van der Waals surface area (Å²) >= 11 is 0. The van der Waals surface area contributed by atoms with Crippen LogP contribution in [0.1, 0.15) is 33.6 Å². The van der Waals surface area contributed by atoms with E-state index < -0.39 is 9.04 Å². The molecule has 0 saturated carbocycles. The fourth-order valence-corrected chi connectivity index (χ4v) is 2.82. The molecule has 0 saturated heterocycles. The van der Waals surface area contributed by atoms with Crippen molar-refractivity contribution in [2.45, 2.75) is 46.7 Å². The standard InChI is InChI=1S/C13H25OSi/c1-10-11(9-14-15(5)6)7-8-12(10)13(2,3)4/h12,15H,1,7-9H2,2-6H3. The van der Waals surface area contributed by atoms with Crippen molar-refractivity contribution in [3.05, 3.63) is 18.1 Å². The van der Waals surface area contributed by atoms with E-state index in [9.17, 15) is 0 Å². The molecule has 15 heavy (non-hydrogen) atoms. The van der Waals surface area contributed by atoms with Crippen LogP contribution in [0.3, 0.4) is 0 Å². The number of hydrogen-bond donors (Lipinski definition) is 0. The van der Waals surface area contributed by atoms with Crippen molar-refractivity contribution in [3.63, 3.8) is 0 Å². The summed E-state index contributed by atoms with van der Waals surface area (Å²) < 4.78 is 5.80. The SMILES string of the molecule is [CH2]C1=C(CO[SiH](C)C)CCC1C(C)(C)C. The predicted octanol–water partition coefficient (Wildman–Crippen LogP) is 3.57. The van der Waals surface area contributed by atoms with Gasteiger partial charge in [0, 0.05) is 0 Å². The van der Waals surface area contributed by atoms with E-state index in [1.807, 2.05) is 0 Å². The van der Waals surface area contributed by atoms with Crippen LogP contribution in [0.5, 0.6) is 0 Å². The Kier molecular flexibility index (Phi) is 4.18. The Balaban J connectivity index is 2.63. The topological polar surface area (TPSA) is 9.23 Å². The molecule has 1 atom stereocenters. The average molecular weight is 225 g/mol. The largest absolute Gasteiger partial charge is 0.417 e. The molecule has 2 heteroatoms. The molecular formula is C13H25OSi. The molecule has 1 unspecified atom stereocenters. The first-order valence-electron chi connectivity index (χ1n) is 5.98. The van der Waals surface area contributed by atoms with Gasteiger partial charge in [0.15, 0.2) is 9.04 Å². The van der Waals surface area contributed by atoms with E-state index in [0.29, 0.717) is 11.3 Å². The van der Waals surface area contributed by atoms with E-state index in [2.05, 4.69) is 40.8 Å². The molecule has 0 spiro atoms. The first-order chi connectivity index (χ1) is 6.82. The Hall–Kier alpha value is -0.0831. The van der Waals surface area contributed by atoms with Gasteiger partial charge < -0.3 is 4.43 Å². The summed E-state index contributed by atoms with van der Waals surface area (Å²) in [6.07, 6.45) is 2.46. The summed E-state index contributed by atoms with van der Waals surface area (Å²) in [7, 11) is -0.878. The summed E-state index contributed by atoms with van der Waals surface area (Å²) in [5.74, 6) is 0.657. The van der Waals surface area contributed by atoms with Gasteiger partial charge in [-0.25, -0.2) is 0 Å². The lowest BCUT2D eigenvalue weighted by atomic mass is 9.77. The first-order valence-corrected chi connectivity index (χ1v) is 8.76. The van der Waals surface area contributed by atoms with E-state index in [1.165, 1.54) is 24.0 Å². The lowest BCUT2D eigenvalue weighted by Crippen LogP contribution is -2.19. The van der Waals surface area contributed by atoms with Crippen LogP contribution in [0.15, 0.2) is 11.1 Å². The lowest BCUT2D eigenvalue weighted by Gasteiger charge is -2.28. The zero-order valence-electron chi connectivity index (χ0n) is 10.9. The molecule has 0 aromatic heterocycles. The van der Waals surface area contributed by atoms with Crippen LogP contribution in [-0.4, -0.2) is 15.6 Å². The maximum absolute atomic E-state index is 5.80. The second-order valence-electron chi connectivity index (χ2n) is 5.95. The third-order valence-electron chi connectivity index (χ3n) is 3.25. The minimum absolute atomic E-state index is 0.355. The fraction of sp³-hybridized carbons (Fsp3) is 0.769. The second-order valence-corrected chi connectivity index (χ2v) is 8.38. The molecule has 0 aliphatic heterocycles. The summed E-state index contributed by atoms with van der Waals surface area (Å²) in [6.45, 7) is 16.5. The van der Waals surface area contributed by atoms with Crippen molar-refractivity contribution in [1.82, 2.24) is 0 Å². The Labute approximate surface area is 96.6 Å². The zero-order chi connectivity index (χ0) is 11.6. The van der Waals surface area contributed by atoms with Gasteiger partial charge in [0.25, 0.3) is 0 Å². The van der Waals surface area contributed by atoms with Crippen LogP contribution in [0, 0.1) is 18.3 Å². The minimum atomic E-state index is -0.878. The molecule has 1 rings (SSSR count). The normalized spacial score (nSPS) is 23.0. The maximum atomic E-state index is 5.80. The minimum Gasteiger partial charge on any atom is -0.417 e. The van der Waals surface area contributed by atoms with Crippen molar-refractivity contribution in [2.75, 3.05) is 6.61 Å². The van der Waals surface area contributed by atoms with Gasteiger partial charge in [0.05, 0.1) is 6.61 Å². The average Bonchev–Trinajstić information content (AvgIpc) is 2.42. The fourth-order valence-electron chi connectivity index (χ4n) is 2.29. The molecule has 1 nitrogen and oxygen atoms in total. The van der Waals surface area contributed by atoms with E-state index >= 15 is 0 Å². The highest BCUT2D eigenvalue weighted by Crippen LogP contribution is 2.42. The molecule has 0 aromatic carbocycles. The van der Waals surface area contributed by atoms with Gasteiger partial charge in [-0.15, -0.1) is 0 Å². The highest BCUT2D eigenvalue weighted by molar-refractivity contribution is 6.48. The van der Waals surface area contributed by atoms with Crippen molar-refractivity contribution >= 4 is 9.04 Å². The maximum Gasteiger partial charge on any atom is 0.171 e. The van der Waals surface area contributed by atoms with E-state index in [1.54, 1.807) is 0 Å². The molecule has 0 amide bonds. The van der Waals surface area contributed by atoms with E-state index in [4.69, 9.17) is 4.43 Å². The molecule has 1 aliphatic rings. The third kappa shape index (κ3) is 3.46. The van der Waals surface area contributed by atoms with Crippen molar-refractivity contribution in [1.29, 1.82) is 0 Å². The van der Waals surface area contributed by atoms with Gasteiger partial charge in [0.2, 0.25) is 0 Å². The number of hydrogen-bond acceptors (Lipinski definition) is 1. The van der Waals surface area contributed by atoms with Crippen LogP contribution in [0.25, 0.3) is 0 Å². The molecule has 0 fully saturated rings. The van der Waals surface area contributed by atoms with Crippen LogP contribution < -0.4 is 0 Å². The molecular weight excluding hydrogens is 200 g/mol. The highest BCUT2D eigenvalue weighted by atomic mass is 28.3. The van der Waals surface area contributed by atoms with Crippen LogP contribution in [0.2, 0.25) is 13.1 Å². The van der Waals surface area contributed by atoms with Gasteiger partial charge in [-0.1, -0.05) is 26.3 Å². The first kappa shape index (κ1) is 13.0. The number of rotatable bonds is 3. The quantitative estimate of drug-likeness (QED) is 0.667. The molecule has 87 valence electrons. The van der Waals surface area contributed by atoms with Gasteiger partial charge >= 0.3 is 0 Å². The summed E-state index contributed by atoms with van der Waals surface area (Å²) in [5.41, 5.74) is 3.18. The molecule has 0 heterocycles. The van der Waals surface area contributed by atoms with Gasteiger partial charge in [-0.2, -0.15) is 0 Å². The monoisotopic (exact) mass is 225 g/mol. The smallest absolute Gasteiger partial charge is 0.171 e. The van der Waals surface area contributed by atoms with Crippen molar-refractivity contribution in [3.8, 4) is 0 Å². The van der Waals surface area contributed by atoms with Gasteiger partial charge in [0.1, 0.15) is 0 Å². The zero-order valence-corrected chi connectivity index (χ0v) is 12.0. The Morgan fingerprint density at radius 1 is 1.40 bits per heavy atom. The van der Waals surface area contributed by atoms with Gasteiger partial charge in [-0.05, 0) is 49.8 Å². The molecule has 0 bridgehead atoms. The van der Waals surface area contributed by atoms with E-state index in [0.717, 1.165) is 6.61 Å². The lowest BCUT2D eigenvalue weighted by molar-refractivity contribution is 0.281. The second kappa shape index (κ2) is 4.83. The Morgan fingerprint density at radius 3 is 2.40 bits per heavy atom. The summed E-state index contributed by atoms with van der Waals surface area (Å²) in [6, 6.07) is 0. The van der Waals surface area contributed by atoms with Crippen LogP contribution >= 0.6 is 0 Å². The summed E-state index contributed by atoms with van der Waals surface area (Å²) in [4.78, 5) is 0. The summed E-state index contributed by atoms with van der Waals surface area (Å²) in [5, 5.41) is 0. The third-order valence-corrected chi connectivity index (χ3v) is 4.08. The van der Waals surface area contributed by atoms with Crippen LogP contribution in [0.4, 0.5) is 0 Å². The Morgan fingerprint density at radius 2 is 2.00 bits per heavy atom. The van der Waals surface area contributed by atoms with Crippen LogP contribution in [-0.2, 0) is 4.43 Å². The molecule has 0 aromatic rings. The molecule has 0 N–H and O–H groups in total. The molecule has 1 aliphatic carbocycles. The van der Waals surface area contributed by atoms with Crippen molar-refractivity contribution < 1.29 is 4.43 Å². The Bertz CT molecular complexity index is 248. The predicted molar refractivity (Wildman–Crippen MR) is 69.4 cm³/mol. The van der Waals surface area contributed by atoms with E-state index in [-0.39, 0.29) is 0 Å². The molecule has 1 radical (unpaired) electrons. The van der Waals surface area contributed by atoms with Gasteiger partial charge in [-0.3, -0.25) is 0 Å². The van der Waals surface area contributed by atoms with Crippen molar-refractivity contribution in [2.24, 2.45) is 11.3 Å². The highest BCUT2D eigenvalue weighted by Gasteiger charge is 2.31.